The lowest BCUT2D eigenvalue weighted by molar-refractivity contribution is 0.913. The molecule has 0 saturated heterocycles. The van der Waals surface area contributed by atoms with Crippen LogP contribution in [0.3, 0.4) is 0 Å². The van der Waals surface area contributed by atoms with Crippen LogP contribution in [0.25, 0.3) is 0 Å². The predicted molar refractivity (Wildman–Crippen MR) is 90.6 cm³/mol. The molecule has 0 heterocycles. The zero-order chi connectivity index (χ0) is 13.1. The molecule has 0 radical (unpaired) electrons. The molecule has 0 aliphatic heterocycles. The van der Waals surface area contributed by atoms with Crippen LogP contribution in [0.2, 0.25) is 5.02 Å². The molecule has 0 aliphatic carbocycles. The van der Waals surface area contributed by atoms with Crippen molar-refractivity contribution in [3.8, 4) is 0 Å². The quantitative estimate of drug-likeness (QED) is 0.380. The normalized spacial score (nSPS) is 12.4. The molecule has 0 amide bonds. The van der Waals surface area contributed by atoms with E-state index in [0.29, 0.717) is 0 Å². The Morgan fingerprint density at radius 1 is 1.11 bits per heavy atom. The van der Waals surface area contributed by atoms with Gasteiger partial charge in [0.2, 0.25) is 0 Å². The first kappa shape index (κ1) is 14.6. The number of alkyl halides is 1. The van der Waals surface area contributed by atoms with E-state index >= 15 is 0 Å². The fourth-order valence-electron chi connectivity index (χ4n) is 1.69. The van der Waals surface area contributed by atoms with E-state index in [1.54, 1.807) is 0 Å². The van der Waals surface area contributed by atoms with Crippen LogP contribution in [0, 0.1) is 3.57 Å². The Hall–Kier alpha value is 0.230. The van der Waals surface area contributed by atoms with Gasteiger partial charge in [0.15, 0.2) is 0 Å². The van der Waals surface area contributed by atoms with E-state index in [2.05, 4.69) is 50.7 Å². The molecule has 0 nitrogen and oxygen atoms in total. The molecule has 0 aromatic heterocycles. The molecule has 1 unspecified atom stereocenters. The van der Waals surface area contributed by atoms with Crippen LogP contribution in [0.15, 0.2) is 46.9 Å². The molecule has 2 rings (SSSR count). The van der Waals surface area contributed by atoms with Gasteiger partial charge in [-0.1, -0.05) is 39.7 Å². The van der Waals surface area contributed by atoms with Crippen molar-refractivity contribution >= 4 is 61.7 Å². The Morgan fingerprint density at radius 3 is 2.44 bits per heavy atom. The van der Waals surface area contributed by atoms with Gasteiger partial charge in [-0.2, -0.15) is 0 Å². The summed E-state index contributed by atoms with van der Waals surface area (Å²) in [5, 5.41) is 0.704. The van der Waals surface area contributed by atoms with E-state index in [0.717, 1.165) is 21.5 Å². The van der Waals surface area contributed by atoms with Gasteiger partial charge in [0.1, 0.15) is 0 Å². The van der Waals surface area contributed by atoms with E-state index in [1.807, 2.05) is 30.3 Å². The van der Waals surface area contributed by atoms with Crippen molar-refractivity contribution in [3.05, 3.63) is 66.7 Å². The second-order valence-electron chi connectivity index (χ2n) is 3.96. The number of hydrogen-bond donors (Lipinski definition) is 0. The summed E-state index contributed by atoms with van der Waals surface area (Å²) in [6.45, 7) is 0. The molecule has 0 fully saturated rings. The fraction of sp³-hybridized carbons (Fsp3) is 0.143. The summed E-state index contributed by atoms with van der Waals surface area (Å²) < 4.78 is 2.24. The molecule has 0 saturated carbocycles. The van der Waals surface area contributed by atoms with Gasteiger partial charge in [0, 0.05) is 13.1 Å². The van der Waals surface area contributed by atoms with Crippen LogP contribution in [-0.2, 0) is 6.42 Å². The van der Waals surface area contributed by atoms with Gasteiger partial charge in [0.05, 0.1) is 5.38 Å². The van der Waals surface area contributed by atoms with E-state index in [4.69, 9.17) is 23.2 Å². The lowest BCUT2D eigenvalue weighted by Crippen LogP contribution is -1.97. The molecule has 0 N–H and O–H groups in total. The molecule has 94 valence electrons. The summed E-state index contributed by atoms with van der Waals surface area (Å²) in [6.07, 6.45) is 0.789. The summed E-state index contributed by atoms with van der Waals surface area (Å²) in [5.41, 5.74) is 2.31. The Morgan fingerprint density at radius 2 is 1.78 bits per heavy atom. The van der Waals surface area contributed by atoms with Crippen molar-refractivity contribution in [2.45, 2.75) is 11.8 Å². The molecular weight excluding hydrogens is 446 g/mol. The SMILES string of the molecule is Clc1ccc(CC(Cl)c2cc(I)ccc2Br)cc1. The second kappa shape index (κ2) is 6.60. The summed E-state index contributed by atoms with van der Waals surface area (Å²) in [6, 6.07) is 14.0. The van der Waals surface area contributed by atoms with E-state index in [1.165, 1.54) is 9.13 Å². The lowest BCUT2D eigenvalue weighted by atomic mass is 10.0. The Balaban J connectivity index is 2.18. The highest BCUT2D eigenvalue weighted by Crippen LogP contribution is 2.32. The standard InChI is InChI=1S/C14H10BrCl2I/c15-13-6-5-11(18)8-12(13)14(17)7-9-1-3-10(16)4-2-9/h1-6,8,14H,7H2. The van der Waals surface area contributed by atoms with Crippen molar-refractivity contribution in [3.63, 3.8) is 0 Å². The van der Waals surface area contributed by atoms with Crippen LogP contribution in [0.4, 0.5) is 0 Å². The van der Waals surface area contributed by atoms with Gasteiger partial charge < -0.3 is 0 Å². The molecule has 1 atom stereocenters. The van der Waals surface area contributed by atoms with Gasteiger partial charge in [-0.05, 0) is 70.5 Å². The maximum absolute atomic E-state index is 6.49. The van der Waals surface area contributed by atoms with Crippen molar-refractivity contribution < 1.29 is 0 Å². The largest absolute Gasteiger partial charge is 0.117 e. The smallest absolute Gasteiger partial charge is 0.0636 e. The molecule has 0 aliphatic rings. The zero-order valence-electron chi connectivity index (χ0n) is 9.34. The van der Waals surface area contributed by atoms with E-state index < -0.39 is 0 Å². The Kier molecular flexibility index (Phi) is 5.36. The van der Waals surface area contributed by atoms with Gasteiger partial charge in [-0.15, -0.1) is 11.6 Å². The molecule has 0 bridgehead atoms. The third-order valence-corrected chi connectivity index (χ3v) is 4.66. The van der Waals surface area contributed by atoms with Gasteiger partial charge >= 0.3 is 0 Å². The summed E-state index contributed by atoms with van der Waals surface area (Å²) in [7, 11) is 0. The van der Waals surface area contributed by atoms with Crippen molar-refractivity contribution in [2.24, 2.45) is 0 Å². The van der Waals surface area contributed by atoms with Gasteiger partial charge in [0.25, 0.3) is 0 Å². The zero-order valence-corrected chi connectivity index (χ0v) is 14.6. The first-order valence-corrected chi connectivity index (χ1v) is 8.08. The highest BCUT2D eigenvalue weighted by Gasteiger charge is 2.12. The molecule has 2 aromatic carbocycles. The minimum Gasteiger partial charge on any atom is -0.117 e. The molecule has 2 aromatic rings. The third kappa shape index (κ3) is 3.86. The van der Waals surface area contributed by atoms with Gasteiger partial charge in [-0.3, -0.25) is 0 Å². The molecule has 18 heavy (non-hydrogen) atoms. The third-order valence-electron chi connectivity index (χ3n) is 2.62. The Bertz CT molecular complexity index is 540. The van der Waals surface area contributed by atoms with Gasteiger partial charge in [-0.25, -0.2) is 0 Å². The number of halogens is 4. The average Bonchev–Trinajstić information content (AvgIpc) is 2.35. The molecular formula is C14H10BrCl2I. The summed E-state index contributed by atoms with van der Waals surface area (Å²) >= 11 is 18.2. The van der Waals surface area contributed by atoms with Crippen molar-refractivity contribution in [1.29, 1.82) is 0 Å². The summed E-state index contributed by atoms with van der Waals surface area (Å²) in [5.74, 6) is 0. The maximum Gasteiger partial charge on any atom is 0.0636 e. The minimum atomic E-state index is -0.0460. The van der Waals surface area contributed by atoms with Crippen LogP contribution in [0.1, 0.15) is 16.5 Å². The second-order valence-corrected chi connectivity index (χ2v) is 7.03. The lowest BCUT2D eigenvalue weighted by Gasteiger charge is -2.12. The number of hydrogen-bond acceptors (Lipinski definition) is 0. The van der Waals surface area contributed by atoms with Crippen LogP contribution in [0.5, 0.6) is 0 Å². The average molecular weight is 456 g/mol. The minimum absolute atomic E-state index is 0.0460. The number of rotatable bonds is 3. The van der Waals surface area contributed by atoms with E-state index in [9.17, 15) is 0 Å². The highest BCUT2D eigenvalue weighted by atomic mass is 127. The van der Waals surface area contributed by atoms with Crippen molar-refractivity contribution in [2.75, 3.05) is 0 Å². The van der Waals surface area contributed by atoms with Crippen molar-refractivity contribution in [1.82, 2.24) is 0 Å². The van der Waals surface area contributed by atoms with Crippen LogP contribution < -0.4 is 0 Å². The van der Waals surface area contributed by atoms with Crippen LogP contribution >= 0.6 is 61.7 Å². The first-order valence-electron chi connectivity index (χ1n) is 5.40. The highest BCUT2D eigenvalue weighted by molar-refractivity contribution is 14.1. The number of benzene rings is 2. The molecule has 4 heteroatoms. The maximum atomic E-state index is 6.49. The van der Waals surface area contributed by atoms with Crippen LogP contribution in [-0.4, -0.2) is 0 Å². The monoisotopic (exact) mass is 454 g/mol. The predicted octanol–water partition coefficient (Wildman–Crippen LogP) is 6.23. The topological polar surface area (TPSA) is 0 Å². The molecule has 0 spiro atoms. The first-order chi connectivity index (χ1) is 8.56. The van der Waals surface area contributed by atoms with E-state index in [-0.39, 0.29) is 5.38 Å². The fourth-order valence-corrected chi connectivity index (χ4v) is 3.35. The summed E-state index contributed by atoms with van der Waals surface area (Å²) in [4.78, 5) is 0. The Labute approximate surface area is 139 Å².